The SMILES string of the molecule is C[C@H](NC(=O)[C@@H](NC(=O)[C@H](CCCCN)NC(=O)[C@@H](NC(=O)[C@H](C)NC(=O)[C@@H](N)Cc1cnc[nH]1)[C@@H](C)O)[C@@H](C)O)C(=O)N[C@@H](CCCCN)C(=O)N[C@@H](CC(=O)O)C(=O)O. The van der Waals surface area contributed by atoms with Crippen molar-refractivity contribution in [1.29, 1.82) is 0 Å². The minimum absolute atomic E-state index is 0.0321. The van der Waals surface area contributed by atoms with Crippen LogP contribution in [0.25, 0.3) is 0 Å². The van der Waals surface area contributed by atoms with Crippen LogP contribution in [0.5, 0.6) is 0 Å². The number of nitrogens with zero attached hydrogens (tertiary/aromatic N) is 1. The maximum atomic E-state index is 13.6. The van der Waals surface area contributed by atoms with Crippen molar-refractivity contribution in [3.8, 4) is 0 Å². The first kappa shape index (κ1) is 53.3. The van der Waals surface area contributed by atoms with Gasteiger partial charge in [-0.3, -0.25) is 38.4 Å². The van der Waals surface area contributed by atoms with Crippen molar-refractivity contribution >= 4 is 53.3 Å². The van der Waals surface area contributed by atoms with E-state index in [1.54, 1.807) is 0 Å². The Kier molecular flexibility index (Phi) is 23.7. The summed E-state index contributed by atoms with van der Waals surface area (Å²) in [5.41, 5.74) is 17.6. The van der Waals surface area contributed by atoms with Gasteiger partial charge in [0.05, 0.1) is 31.0 Å². The lowest BCUT2D eigenvalue weighted by molar-refractivity contribution is -0.147. The molecule has 0 spiro atoms. The van der Waals surface area contributed by atoms with Gasteiger partial charge in [0.25, 0.3) is 0 Å². The van der Waals surface area contributed by atoms with Crippen molar-refractivity contribution < 1.29 is 63.6 Å². The zero-order chi connectivity index (χ0) is 46.4. The fourth-order valence-corrected chi connectivity index (χ4v) is 5.55. The minimum atomic E-state index is -1.81. The Bertz CT molecular complexity index is 1630. The van der Waals surface area contributed by atoms with Crippen LogP contribution in [0.4, 0.5) is 0 Å². The van der Waals surface area contributed by atoms with Gasteiger partial charge in [-0.25, -0.2) is 9.78 Å². The molecule has 0 saturated heterocycles. The first-order valence-electron chi connectivity index (χ1n) is 19.7. The molecule has 1 aromatic heterocycles. The number of unbranched alkanes of at least 4 members (excludes halogenated alkanes) is 2. The van der Waals surface area contributed by atoms with E-state index in [-0.39, 0.29) is 38.8 Å². The van der Waals surface area contributed by atoms with Crippen molar-refractivity contribution in [2.75, 3.05) is 13.1 Å². The highest BCUT2D eigenvalue weighted by atomic mass is 16.4. The zero-order valence-electron chi connectivity index (χ0n) is 34.6. The van der Waals surface area contributed by atoms with Crippen LogP contribution in [-0.4, -0.2) is 157 Å². The predicted octanol–water partition coefficient (Wildman–Crippen LogP) is -5.71. The van der Waals surface area contributed by atoms with Crippen molar-refractivity contribution in [3.63, 3.8) is 0 Å². The molecule has 344 valence electrons. The molecule has 10 atom stereocenters. The monoisotopic (exact) mass is 870 g/mol. The fraction of sp³-hybridized carbons (Fsp3) is 0.667. The highest BCUT2D eigenvalue weighted by molar-refractivity contribution is 5.98. The van der Waals surface area contributed by atoms with E-state index >= 15 is 0 Å². The maximum Gasteiger partial charge on any atom is 0.326 e. The molecule has 0 aliphatic heterocycles. The van der Waals surface area contributed by atoms with E-state index in [1.807, 2.05) is 0 Å². The first-order chi connectivity index (χ1) is 28.6. The highest BCUT2D eigenvalue weighted by Crippen LogP contribution is 2.08. The van der Waals surface area contributed by atoms with Crippen LogP contribution in [0.2, 0.25) is 0 Å². The van der Waals surface area contributed by atoms with Gasteiger partial charge in [-0.1, -0.05) is 0 Å². The van der Waals surface area contributed by atoms with E-state index in [0.29, 0.717) is 25.0 Å². The summed E-state index contributed by atoms with van der Waals surface area (Å²) in [7, 11) is 0. The molecule has 0 unspecified atom stereocenters. The molecular formula is C36H62N12O13. The number of hydrogen-bond donors (Lipinski definition) is 15. The molecule has 0 radical (unpaired) electrons. The molecule has 1 aromatic rings. The molecule has 0 fully saturated rings. The standard InChI is InChI=1S/C36H62N12O13/c1-17(29(53)44-23(9-5-7-11-37)32(56)46-25(36(60)61)14-26(51)52)43-34(58)27(19(3)49)48-33(57)24(10-6-8-12-38)45-35(59)28(20(4)50)47-30(54)18(2)42-31(55)22(39)13-21-15-40-16-41-21/h15-20,22-25,27-28,49-50H,5-14,37-39H2,1-4H3,(H,40,41)(H,42,55)(H,43,58)(H,44,53)(H,45,59)(H,46,56)(H,47,54)(H,48,57)(H,51,52)(H,60,61)/t17-,18-,19+,20+,22-,23-,24-,25-,27-,28-/m0/s1. The van der Waals surface area contributed by atoms with Crippen molar-refractivity contribution in [2.45, 2.75) is 140 Å². The van der Waals surface area contributed by atoms with Gasteiger partial charge < -0.3 is 79.8 Å². The zero-order valence-corrected chi connectivity index (χ0v) is 34.6. The Morgan fingerprint density at radius 2 is 1.03 bits per heavy atom. The van der Waals surface area contributed by atoms with Crippen LogP contribution in [0, 0.1) is 0 Å². The molecule has 61 heavy (non-hydrogen) atoms. The molecule has 0 bridgehead atoms. The lowest BCUT2D eigenvalue weighted by Gasteiger charge is -2.28. The third kappa shape index (κ3) is 19.4. The van der Waals surface area contributed by atoms with Crippen LogP contribution in [0.15, 0.2) is 12.5 Å². The molecule has 1 rings (SSSR count). The molecule has 0 aromatic carbocycles. The average Bonchev–Trinajstić information content (AvgIpc) is 3.70. The maximum absolute atomic E-state index is 13.6. The molecule has 1 heterocycles. The number of carbonyl (C=O) groups excluding carboxylic acids is 7. The Labute approximate surface area is 351 Å². The van der Waals surface area contributed by atoms with Crippen molar-refractivity contribution in [1.82, 2.24) is 47.2 Å². The van der Waals surface area contributed by atoms with Crippen LogP contribution >= 0.6 is 0 Å². The van der Waals surface area contributed by atoms with E-state index in [1.165, 1.54) is 33.3 Å². The number of nitrogens with one attached hydrogen (secondary N) is 8. The van der Waals surface area contributed by atoms with Crippen LogP contribution in [-0.2, 0) is 49.6 Å². The second-order valence-corrected chi connectivity index (χ2v) is 14.5. The number of aromatic amines is 1. The number of aromatic nitrogens is 2. The second-order valence-electron chi connectivity index (χ2n) is 14.5. The predicted molar refractivity (Wildman–Crippen MR) is 214 cm³/mol. The van der Waals surface area contributed by atoms with Crippen LogP contribution < -0.4 is 54.4 Å². The van der Waals surface area contributed by atoms with Gasteiger partial charge in [0.2, 0.25) is 41.4 Å². The summed E-state index contributed by atoms with van der Waals surface area (Å²) in [6, 6.07) is -11.6. The number of amides is 7. The van der Waals surface area contributed by atoms with E-state index in [9.17, 15) is 58.5 Å². The highest BCUT2D eigenvalue weighted by Gasteiger charge is 2.35. The number of carboxylic acid groups (broad SMARTS) is 2. The molecule has 7 amide bonds. The lowest BCUT2D eigenvalue weighted by atomic mass is 10.0. The molecule has 25 heteroatoms. The van der Waals surface area contributed by atoms with E-state index in [2.05, 4.69) is 47.2 Å². The third-order valence-corrected chi connectivity index (χ3v) is 9.11. The molecule has 25 nitrogen and oxygen atoms in total. The van der Waals surface area contributed by atoms with Gasteiger partial charge in [-0.05, 0) is 79.3 Å². The number of imidazole rings is 1. The summed E-state index contributed by atoms with van der Waals surface area (Å²) < 4.78 is 0. The Morgan fingerprint density at radius 1 is 0.607 bits per heavy atom. The number of aliphatic hydroxyl groups excluding tert-OH is 2. The number of H-pyrrole nitrogens is 1. The van der Waals surface area contributed by atoms with Gasteiger partial charge in [-0.15, -0.1) is 0 Å². The van der Waals surface area contributed by atoms with E-state index in [0.717, 1.165) is 6.92 Å². The Hall–Kier alpha value is -5.76. The molecule has 0 aliphatic carbocycles. The van der Waals surface area contributed by atoms with Gasteiger partial charge >= 0.3 is 11.9 Å². The largest absolute Gasteiger partial charge is 0.481 e. The number of rotatable bonds is 29. The average molecular weight is 871 g/mol. The molecular weight excluding hydrogens is 808 g/mol. The van der Waals surface area contributed by atoms with Crippen molar-refractivity contribution in [2.24, 2.45) is 17.2 Å². The fourth-order valence-electron chi connectivity index (χ4n) is 5.55. The molecule has 0 aliphatic rings. The molecule has 0 saturated carbocycles. The minimum Gasteiger partial charge on any atom is -0.481 e. The van der Waals surface area contributed by atoms with Crippen molar-refractivity contribution in [3.05, 3.63) is 18.2 Å². The number of carboxylic acids is 2. The van der Waals surface area contributed by atoms with Crippen LogP contribution in [0.1, 0.15) is 78.3 Å². The summed E-state index contributed by atoms with van der Waals surface area (Å²) in [6.45, 7) is 5.36. The summed E-state index contributed by atoms with van der Waals surface area (Å²) in [4.78, 5) is 121. The van der Waals surface area contributed by atoms with Gasteiger partial charge in [0.15, 0.2) is 0 Å². The number of hydrogen-bond acceptors (Lipinski definition) is 15. The van der Waals surface area contributed by atoms with E-state index < -0.39 is 120 Å². The van der Waals surface area contributed by atoms with E-state index in [4.69, 9.17) is 22.3 Å². The summed E-state index contributed by atoms with van der Waals surface area (Å²) in [6.07, 6.45) is 0.275. The second kappa shape index (κ2) is 27.2. The normalized spacial score (nSPS) is 16.0. The van der Waals surface area contributed by atoms with Gasteiger partial charge in [0, 0.05) is 18.3 Å². The number of carbonyl (C=O) groups is 9. The third-order valence-electron chi connectivity index (χ3n) is 9.11. The number of nitrogens with two attached hydrogens (primary N) is 3. The first-order valence-corrected chi connectivity index (χ1v) is 19.7. The van der Waals surface area contributed by atoms with Crippen LogP contribution in [0.3, 0.4) is 0 Å². The van der Waals surface area contributed by atoms with Gasteiger partial charge in [-0.2, -0.15) is 0 Å². The summed E-state index contributed by atoms with van der Waals surface area (Å²) in [5.74, 6) is -9.68. The Balaban J connectivity index is 3.08. The topological polar surface area (TPSA) is 425 Å². The molecule has 18 N–H and O–H groups in total. The Morgan fingerprint density at radius 3 is 1.48 bits per heavy atom. The lowest BCUT2D eigenvalue weighted by Crippen LogP contribution is -2.62. The number of aliphatic carboxylic acids is 2. The smallest absolute Gasteiger partial charge is 0.326 e. The van der Waals surface area contributed by atoms with Gasteiger partial charge in [0.1, 0.15) is 42.3 Å². The summed E-state index contributed by atoms with van der Waals surface area (Å²) in [5, 5.41) is 55.6. The summed E-state index contributed by atoms with van der Waals surface area (Å²) >= 11 is 0. The number of aliphatic hydroxyl groups is 2. The quantitative estimate of drug-likeness (QED) is 0.0334.